The lowest BCUT2D eigenvalue weighted by Crippen LogP contribution is -2.15. The van der Waals surface area contributed by atoms with Crippen LogP contribution in [0.1, 0.15) is 18.2 Å². The highest BCUT2D eigenvalue weighted by molar-refractivity contribution is 5.96. The van der Waals surface area contributed by atoms with Crippen LogP contribution in [0.15, 0.2) is 18.2 Å². The van der Waals surface area contributed by atoms with Crippen LogP contribution in [-0.2, 0) is 17.8 Å². The van der Waals surface area contributed by atoms with Crippen LogP contribution in [-0.4, -0.2) is 25.2 Å². The molecule has 1 aromatic carbocycles. The van der Waals surface area contributed by atoms with Gasteiger partial charge in [0.1, 0.15) is 11.3 Å². The Morgan fingerprint density at radius 2 is 2.32 bits per heavy atom. The van der Waals surface area contributed by atoms with E-state index in [4.69, 9.17) is 14.5 Å². The minimum Gasteiger partial charge on any atom is -0.494 e. The topological polar surface area (TPSA) is 43.4 Å². The maximum Gasteiger partial charge on any atom is 0.145 e. The number of ether oxygens (including phenoxy) is 2. The van der Waals surface area contributed by atoms with Crippen LogP contribution < -0.4 is 10.1 Å². The molecule has 3 rings (SSSR count). The summed E-state index contributed by atoms with van der Waals surface area (Å²) in [5.74, 6) is 0.825. The summed E-state index contributed by atoms with van der Waals surface area (Å²) in [4.78, 5) is 4.78. The molecule has 4 nitrogen and oxygen atoms in total. The summed E-state index contributed by atoms with van der Waals surface area (Å²) in [6.07, 6.45) is 0.863. The lowest BCUT2D eigenvalue weighted by Gasteiger charge is -2.22. The molecule has 0 spiro atoms. The van der Waals surface area contributed by atoms with Crippen molar-refractivity contribution in [3.63, 3.8) is 0 Å². The van der Waals surface area contributed by atoms with Crippen molar-refractivity contribution in [3.8, 4) is 5.75 Å². The molecular weight excluding hydrogens is 240 g/mol. The lowest BCUT2D eigenvalue weighted by molar-refractivity contribution is 0.110. The number of para-hydroxylation sites is 1. The normalized spacial score (nSPS) is 14.2. The number of aromatic nitrogens is 1. The second kappa shape index (κ2) is 5.05. The Morgan fingerprint density at radius 3 is 3.11 bits per heavy atom. The monoisotopic (exact) mass is 258 g/mol. The summed E-state index contributed by atoms with van der Waals surface area (Å²) in [6, 6.07) is 6.04. The Hall–Kier alpha value is -1.81. The predicted octanol–water partition coefficient (Wildman–Crippen LogP) is 2.75. The number of hydrogen-bond donors (Lipinski definition) is 1. The van der Waals surface area contributed by atoms with Crippen LogP contribution >= 0.6 is 0 Å². The lowest BCUT2D eigenvalue weighted by atomic mass is 10.0. The summed E-state index contributed by atoms with van der Waals surface area (Å²) in [6.45, 7) is 4.36. The Morgan fingerprint density at radius 1 is 1.42 bits per heavy atom. The maximum absolute atomic E-state index is 5.58. The molecule has 19 heavy (non-hydrogen) atoms. The third-order valence-corrected chi connectivity index (χ3v) is 3.47. The molecule has 4 heteroatoms. The molecule has 0 radical (unpaired) electrons. The number of hydrogen-bond acceptors (Lipinski definition) is 4. The number of nitrogens with one attached hydrogen (secondary N) is 1. The average molecular weight is 258 g/mol. The molecule has 1 aliphatic heterocycles. The molecule has 0 atom stereocenters. The summed E-state index contributed by atoms with van der Waals surface area (Å²) in [5.41, 5.74) is 4.38. The minimum atomic E-state index is 0.637. The van der Waals surface area contributed by atoms with Crippen molar-refractivity contribution in [3.05, 3.63) is 29.5 Å². The highest BCUT2D eigenvalue weighted by atomic mass is 16.5. The Kier molecular flexibility index (Phi) is 3.25. The Bertz CT molecular complexity index is 611. The van der Waals surface area contributed by atoms with E-state index in [2.05, 4.69) is 18.3 Å². The smallest absolute Gasteiger partial charge is 0.145 e. The van der Waals surface area contributed by atoms with E-state index in [1.54, 1.807) is 7.11 Å². The van der Waals surface area contributed by atoms with Crippen LogP contribution in [0, 0.1) is 0 Å². The Balaban J connectivity index is 2.31. The van der Waals surface area contributed by atoms with Gasteiger partial charge in [-0.1, -0.05) is 12.1 Å². The number of nitrogens with zero attached hydrogens (tertiary/aromatic N) is 1. The molecule has 0 saturated heterocycles. The van der Waals surface area contributed by atoms with Crippen molar-refractivity contribution in [2.24, 2.45) is 0 Å². The van der Waals surface area contributed by atoms with Gasteiger partial charge in [-0.25, -0.2) is 4.98 Å². The van der Waals surface area contributed by atoms with E-state index in [0.717, 1.165) is 47.6 Å². The third-order valence-electron chi connectivity index (χ3n) is 3.47. The number of anilines is 1. The summed E-state index contributed by atoms with van der Waals surface area (Å²) >= 11 is 0. The van der Waals surface area contributed by atoms with Gasteiger partial charge in [-0.3, -0.25) is 0 Å². The van der Waals surface area contributed by atoms with Gasteiger partial charge in [-0.05, 0) is 13.0 Å². The van der Waals surface area contributed by atoms with Crippen molar-refractivity contribution in [2.75, 3.05) is 25.6 Å². The summed E-state index contributed by atoms with van der Waals surface area (Å²) in [5, 5.41) is 4.56. The second-order valence-corrected chi connectivity index (χ2v) is 4.60. The second-order valence-electron chi connectivity index (χ2n) is 4.60. The summed E-state index contributed by atoms with van der Waals surface area (Å²) < 4.78 is 11.0. The number of pyridine rings is 1. The van der Waals surface area contributed by atoms with Crippen molar-refractivity contribution in [1.29, 1.82) is 0 Å². The quantitative estimate of drug-likeness (QED) is 0.919. The van der Waals surface area contributed by atoms with Gasteiger partial charge in [-0.2, -0.15) is 0 Å². The van der Waals surface area contributed by atoms with E-state index >= 15 is 0 Å². The zero-order valence-electron chi connectivity index (χ0n) is 11.3. The predicted molar refractivity (Wildman–Crippen MR) is 75.8 cm³/mol. The molecule has 0 fully saturated rings. The molecule has 0 bridgehead atoms. The maximum atomic E-state index is 5.58. The van der Waals surface area contributed by atoms with Crippen LogP contribution in [0.4, 0.5) is 5.69 Å². The van der Waals surface area contributed by atoms with Crippen LogP contribution in [0.2, 0.25) is 0 Å². The SMILES string of the molecule is CCNc1c2c(nc3c(OC)cccc13)CCOC2. The van der Waals surface area contributed by atoms with E-state index in [-0.39, 0.29) is 0 Å². The fourth-order valence-corrected chi connectivity index (χ4v) is 2.60. The van der Waals surface area contributed by atoms with Gasteiger partial charge >= 0.3 is 0 Å². The molecule has 100 valence electrons. The molecule has 2 heterocycles. The van der Waals surface area contributed by atoms with Crippen LogP contribution in [0.5, 0.6) is 5.75 Å². The van der Waals surface area contributed by atoms with Crippen molar-refractivity contribution >= 4 is 16.6 Å². The van der Waals surface area contributed by atoms with Crippen LogP contribution in [0.25, 0.3) is 10.9 Å². The molecule has 0 saturated carbocycles. The van der Waals surface area contributed by atoms with E-state index < -0.39 is 0 Å². The van der Waals surface area contributed by atoms with Gasteiger partial charge < -0.3 is 14.8 Å². The Labute approximate surface area is 112 Å². The average Bonchev–Trinajstić information content (AvgIpc) is 2.46. The standard InChI is InChI=1S/C15H18N2O2/c1-3-16-14-10-5-4-6-13(18-2)15(10)17-12-7-8-19-9-11(12)14/h4-6H,3,7-9H2,1-2H3,(H,16,17). The zero-order valence-corrected chi connectivity index (χ0v) is 11.3. The number of methoxy groups -OCH3 is 1. The van der Waals surface area contributed by atoms with Gasteiger partial charge in [0.05, 0.1) is 31.7 Å². The molecule has 2 aromatic rings. The fraction of sp³-hybridized carbons (Fsp3) is 0.400. The van der Waals surface area contributed by atoms with Gasteiger partial charge in [-0.15, -0.1) is 0 Å². The van der Waals surface area contributed by atoms with Gasteiger partial charge in [0, 0.05) is 23.9 Å². The first-order valence-electron chi connectivity index (χ1n) is 6.65. The molecule has 0 amide bonds. The summed E-state index contributed by atoms with van der Waals surface area (Å²) in [7, 11) is 1.69. The molecule has 1 aromatic heterocycles. The molecular formula is C15H18N2O2. The van der Waals surface area contributed by atoms with Crippen molar-refractivity contribution < 1.29 is 9.47 Å². The molecule has 0 aliphatic carbocycles. The highest BCUT2D eigenvalue weighted by Gasteiger charge is 2.19. The number of rotatable bonds is 3. The first-order chi connectivity index (χ1) is 9.35. The van der Waals surface area contributed by atoms with E-state index in [1.165, 1.54) is 5.56 Å². The van der Waals surface area contributed by atoms with Gasteiger partial charge in [0.2, 0.25) is 0 Å². The van der Waals surface area contributed by atoms with Crippen LogP contribution in [0.3, 0.4) is 0 Å². The zero-order chi connectivity index (χ0) is 13.2. The molecule has 1 N–H and O–H groups in total. The van der Waals surface area contributed by atoms with E-state index in [1.807, 2.05) is 12.1 Å². The number of fused-ring (bicyclic) bond motifs is 2. The first kappa shape index (κ1) is 12.2. The molecule has 1 aliphatic rings. The largest absolute Gasteiger partial charge is 0.494 e. The number of benzene rings is 1. The highest BCUT2D eigenvalue weighted by Crippen LogP contribution is 2.35. The fourth-order valence-electron chi connectivity index (χ4n) is 2.60. The van der Waals surface area contributed by atoms with Crippen molar-refractivity contribution in [2.45, 2.75) is 20.0 Å². The third kappa shape index (κ3) is 2.02. The van der Waals surface area contributed by atoms with E-state index in [9.17, 15) is 0 Å². The van der Waals surface area contributed by atoms with Gasteiger partial charge in [0.25, 0.3) is 0 Å². The molecule has 0 unspecified atom stereocenters. The minimum absolute atomic E-state index is 0.637. The van der Waals surface area contributed by atoms with Gasteiger partial charge in [0.15, 0.2) is 0 Å². The van der Waals surface area contributed by atoms with Crippen molar-refractivity contribution in [1.82, 2.24) is 4.98 Å². The van der Waals surface area contributed by atoms with E-state index in [0.29, 0.717) is 6.61 Å². The first-order valence-corrected chi connectivity index (χ1v) is 6.65.